The average Bonchev–Trinajstić information content (AvgIpc) is 2.93. The zero-order chi connectivity index (χ0) is 27.8. The van der Waals surface area contributed by atoms with Crippen LogP contribution in [0.25, 0.3) is 0 Å². The van der Waals surface area contributed by atoms with Gasteiger partial charge in [-0.05, 0) is 76.4 Å². The number of aromatic nitrogens is 2. The van der Waals surface area contributed by atoms with E-state index in [2.05, 4.69) is 36.9 Å². The van der Waals surface area contributed by atoms with Crippen molar-refractivity contribution in [3.8, 4) is 5.75 Å². The summed E-state index contributed by atoms with van der Waals surface area (Å²) in [6.45, 7) is 7.24. The topological polar surface area (TPSA) is 117 Å². The number of nitrogens with two attached hydrogens (primary N) is 1. The maximum Gasteiger partial charge on any atom is 0.229 e. The zero-order valence-corrected chi connectivity index (χ0v) is 24.6. The summed E-state index contributed by atoms with van der Waals surface area (Å²) in [7, 11) is -0.851. The number of ether oxygens (including phenoxy) is 1. The molecule has 0 radical (unpaired) electrons. The van der Waals surface area contributed by atoms with E-state index in [1.54, 1.807) is 20.4 Å². The number of nitrogens with zero attached hydrogens (tertiary/aromatic N) is 3. The molecule has 1 aliphatic heterocycles. The summed E-state index contributed by atoms with van der Waals surface area (Å²) >= 11 is 6.41. The first-order chi connectivity index (χ1) is 18.8. The molecule has 0 spiro atoms. The molecular weight excluding hydrogens is 533 g/mol. The summed E-state index contributed by atoms with van der Waals surface area (Å²) < 4.78 is 18.5. The lowest BCUT2D eigenvalue weighted by Gasteiger charge is -2.34. The maximum absolute atomic E-state index is 12.8. The molecule has 0 saturated carbocycles. The summed E-state index contributed by atoms with van der Waals surface area (Å²) in [5.41, 5.74) is 8.17. The van der Waals surface area contributed by atoms with Crippen LogP contribution in [0.3, 0.4) is 0 Å². The molecule has 39 heavy (non-hydrogen) atoms. The van der Waals surface area contributed by atoms with Gasteiger partial charge in [-0.1, -0.05) is 23.7 Å². The van der Waals surface area contributed by atoms with Crippen LogP contribution in [0.2, 0.25) is 5.02 Å². The van der Waals surface area contributed by atoms with Gasteiger partial charge in [0, 0.05) is 36.2 Å². The highest BCUT2D eigenvalue weighted by molar-refractivity contribution is 7.70. The van der Waals surface area contributed by atoms with Crippen LogP contribution < -0.4 is 36.6 Å². The van der Waals surface area contributed by atoms with Crippen LogP contribution in [-0.4, -0.2) is 62.6 Å². The predicted molar refractivity (Wildman–Crippen MR) is 164 cm³/mol. The summed E-state index contributed by atoms with van der Waals surface area (Å²) in [5, 5.41) is 11.2. The van der Waals surface area contributed by atoms with Crippen molar-refractivity contribution in [2.45, 2.75) is 31.7 Å². The van der Waals surface area contributed by atoms with Crippen LogP contribution in [0.1, 0.15) is 25.7 Å². The van der Waals surface area contributed by atoms with Gasteiger partial charge in [-0.25, -0.2) is 4.98 Å². The molecule has 3 aromatic rings. The lowest BCUT2D eigenvalue weighted by molar-refractivity contribution is 0.408. The molecule has 9 nitrogen and oxygen atoms in total. The van der Waals surface area contributed by atoms with Crippen LogP contribution in [0.4, 0.5) is 28.8 Å². The molecule has 1 saturated heterocycles. The second-order valence-corrected chi connectivity index (χ2v) is 13.7. The van der Waals surface area contributed by atoms with E-state index < -0.39 is 7.14 Å². The Hall–Kier alpha value is -2.84. The Morgan fingerprint density at radius 1 is 1.10 bits per heavy atom. The molecule has 11 heteroatoms. The molecule has 1 aliphatic rings. The molecule has 0 aliphatic carbocycles. The lowest BCUT2D eigenvalue weighted by atomic mass is 10.0. The smallest absolute Gasteiger partial charge is 0.229 e. The highest BCUT2D eigenvalue weighted by atomic mass is 35.5. The van der Waals surface area contributed by atoms with Gasteiger partial charge in [-0.2, -0.15) is 4.98 Å². The first-order valence-electron chi connectivity index (χ1n) is 13.4. The van der Waals surface area contributed by atoms with E-state index in [1.165, 1.54) is 6.20 Å². The standard InChI is InChI=1S/C28H39ClN7O2P/c1-38-25-18-21(36-16-12-20(13-17-36)31-15-7-6-14-30)10-11-23(25)34-28-32-19-22(29)27(35-28)33-24-8-4-5-9-26(24)39(2,3)37/h4-5,8-11,18-20,31H,6-7,12-17,30H2,1-3H3,(H2,32,33,34,35). The minimum Gasteiger partial charge on any atom is -0.494 e. The number of anilines is 5. The van der Waals surface area contributed by atoms with Gasteiger partial charge < -0.3 is 35.9 Å². The van der Waals surface area contributed by atoms with Crippen LogP contribution in [0, 0.1) is 0 Å². The molecule has 2 heterocycles. The van der Waals surface area contributed by atoms with Crippen LogP contribution in [0.15, 0.2) is 48.7 Å². The molecule has 1 aromatic heterocycles. The van der Waals surface area contributed by atoms with E-state index in [0.717, 1.165) is 68.5 Å². The van der Waals surface area contributed by atoms with E-state index in [1.807, 2.05) is 36.4 Å². The van der Waals surface area contributed by atoms with Gasteiger partial charge in [-0.15, -0.1) is 0 Å². The lowest BCUT2D eigenvalue weighted by Crippen LogP contribution is -2.42. The fraction of sp³-hybridized carbons (Fsp3) is 0.429. The number of methoxy groups -OCH3 is 1. The molecule has 4 rings (SSSR count). The number of hydrogen-bond acceptors (Lipinski definition) is 9. The Morgan fingerprint density at radius 2 is 1.87 bits per heavy atom. The molecule has 1 fully saturated rings. The molecule has 210 valence electrons. The van der Waals surface area contributed by atoms with Crippen molar-refractivity contribution >= 4 is 52.9 Å². The Bertz CT molecular complexity index is 1290. The van der Waals surface area contributed by atoms with Crippen molar-refractivity contribution < 1.29 is 9.30 Å². The number of nitrogens with one attached hydrogen (secondary N) is 3. The Kier molecular flexibility index (Phi) is 10.1. The zero-order valence-electron chi connectivity index (χ0n) is 22.9. The van der Waals surface area contributed by atoms with E-state index >= 15 is 0 Å². The number of rotatable bonds is 12. The van der Waals surface area contributed by atoms with E-state index in [4.69, 9.17) is 22.1 Å². The number of halogens is 1. The third-order valence-corrected chi connectivity index (χ3v) is 8.66. The predicted octanol–water partition coefficient (Wildman–Crippen LogP) is 5.17. The van der Waals surface area contributed by atoms with Gasteiger partial charge in [0.15, 0.2) is 5.82 Å². The molecule has 0 unspecified atom stereocenters. The first kappa shape index (κ1) is 29.2. The molecule has 0 atom stereocenters. The van der Waals surface area contributed by atoms with E-state index in [-0.39, 0.29) is 0 Å². The van der Waals surface area contributed by atoms with Crippen LogP contribution in [-0.2, 0) is 4.57 Å². The van der Waals surface area contributed by atoms with Gasteiger partial charge >= 0.3 is 0 Å². The highest BCUT2D eigenvalue weighted by Crippen LogP contribution is 2.39. The summed E-state index contributed by atoms with van der Waals surface area (Å²) in [5.74, 6) is 1.49. The monoisotopic (exact) mass is 571 g/mol. The Labute approximate surface area is 236 Å². The van der Waals surface area contributed by atoms with Gasteiger partial charge in [-0.3, -0.25) is 0 Å². The van der Waals surface area contributed by atoms with Gasteiger partial charge in [0.1, 0.15) is 17.9 Å². The molecule has 0 bridgehead atoms. The van der Waals surface area contributed by atoms with Gasteiger partial charge in [0.25, 0.3) is 0 Å². The Morgan fingerprint density at radius 3 is 2.59 bits per heavy atom. The molecular formula is C28H39ClN7O2P. The number of benzene rings is 2. The Balaban J connectivity index is 1.44. The molecule has 0 amide bonds. The van der Waals surface area contributed by atoms with Gasteiger partial charge in [0.2, 0.25) is 5.95 Å². The number of piperidine rings is 1. The number of hydrogen-bond donors (Lipinski definition) is 4. The number of unbranched alkanes of at least 4 members (excludes halogenated alkanes) is 1. The maximum atomic E-state index is 12.8. The van der Waals surface area contributed by atoms with Crippen LogP contribution in [0.5, 0.6) is 5.75 Å². The summed E-state index contributed by atoms with van der Waals surface area (Å²) in [4.78, 5) is 11.3. The van der Waals surface area contributed by atoms with E-state index in [0.29, 0.717) is 34.3 Å². The van der Waals surface area contributed by atoms with Crippen molar-refractivity contribution in [3.63, 3.8) is 0 Å². The largest absolute Gasteiger partial charge is 0.494 e. The van der Waals surface area contributed by atoms with Crippen molar-refractivity contribution in [2.75, 3.05) is 62.2 Å². The third kappa shape index (κ3) is 7.85. The van der Waals surface area contributed by atoms with Crippen molar-refractivity contribution in [2.24, 2.45) is 5.73 Å². The van der Waals surface area contributed by atoms with Crippen molar-refractivity contribution in [1.29, 1.82) is 0 Å². The molecule has 5 N–H and O–H groups in total. The summed E-state index contributed by atoms with van der Waals surface area (Å²) in [6.07, 6.45) is 5.94. The normalized spacial score (nSPS) is 14.3. The minimum absolute atomic E-state index is 0.358. The SMILES string of the molecule is COc1cc(N2CCC(NCCCCN)CC2)ccc1Nc1ncc(Cl)c(Nc2ccccc2P(C)(C)=O)n1. The fourth-order valence-corrected chi connectivity index (χ4v) is 6.00. The highest BCUT2D eigenvalue weighted by Gasteiger charge is 2.21. The second-order valence-electron chi connectivity index (χ2n) is 10.1. The van der Waals surface area contributed by atoms with Gasteiger partial charge in [0.05, 0.1) is 24.7 Å². The number of para-hydroxylation sites is 1. The molecule has 2 aromatic carbocycles. The van der Waals surface area contributed by atoms with Crippen molar-refractivity contribution in [3.05, 3.63) is 53.7 Å². The van der Waals surface area contributed by atoms with Crippen LogP contribution >= 0.6 is 18.7 Å². The first-order valence-corrected chi connectivity index (χ1v) is 16.3. The summed E-state index contributed by atoms with van der Waals surface area (Å²) in [6, 6.07) is 14.1. The minimum atomic E-state index is -2.51. The fourth-order valence-electron chi connectivity index (χ4n) is 4.71. The quantitative estimate of drug-likeness (QED) is 0.172. The third-order valence-electron chi connectivity index (χ3n) is 6.84. The average molecular weight is 572 g/mol. The second kappa shape index (κ2) is 13.5. The van der Waals surface area contributed by atoms with Crippen molar-refractivity contribution in [1.82, 2.24) is 15.3 Å². The van der Waals surface area contributed by atoms with E-state index in [9.17, 15) is 4.57 Å².